The third-order valence-electron chi connectivity index (χ3n) is 2.87. The second-order valence-electron chi connectivity index (χ2n) is 4.42. The Morgan fingerprint density at radius 3 is 2.00 bits per heavy atom. The van der Waals surface area contributed by atoms with Gasteiger partial charge in [0.2, 0.25) is 0 Å². The monoisotopic (exact) mass is 294 g/mol. The van der Waals surface area contributed by atoms with Crippen LogP contribution in [0.3, 0.4) is 0 Å². The molecule has 0 saturated heterocycles. The second-order valence-corrected chi connectivity index (χ2v) is 4.42. The van der Waals surface area contributed by atoms with E-state index in [1.54, 1.807) is 13.8 Å². The smallest absolute Gasteiger partial charge is 0.336 e. The predicted octanol–water partition coefficient (Wildman–Crippen LogP) is 2.36. The number of hydrogen-bond donors (Lipinski definition) is 1. The number of rotatable bonds is 5. The van der Waals surface area contributed by atoms with Crippen molar-refractivity contribution in [1.82, 2.24) is 0 Å². The topological polar surface area (TPSA) is 89.9 Å². The summed E-state index contributed by atoms with van der Waals surface area (Å²) in [4.78, 5) is 33.9. The average Bonchev–Trinajstić information content (AvgIpc) is 2.38. The Bertz CT molecular complexity index is 588. The van der Waals surface area contributed by atoms with E-state index < -0.39 is 17.9 Å². The van der Waals surface area contributed by atoms with Gasteiger partial charge in [0.1, 0.15) is 0 Å². The second kappa shape index (κ2) is 6.88. The minimum absolute atomic E-state index is 0.00481. The van der Waals surface area contributed by atoms with Gasteiger partial charge in [0, 0.05) is 19.4 Å². The molecule has 6 nitrogen and oxygen atoms in total. The third-order valence-corrected chi connectivity index (χ3v) is 2.87. The molecule has 0 amide bonds. The zero-order valence-corrected chi connectivity index (χ0v) is 12.5. The fourth-order valence-corrected chi connectivity index (χ4v) is 2.12. The maximum absolute atomic E-state index is 11.5. The third kappa shape index (κ3) is 3.81. The molecular weight excluding hydrogens is 276 g/mol. The molecule has 0 aliphatic rings. The molecule has 0 heterocycles. The van der Waals surface area contributed by atoms with Crippen LogP contribution in [0.4, 0.5) is 0 Å². The minimum atomic E-state index is -1.11. The molecule has 1 aromatic carbocycles. The van der Waals surface area contributed by atoms with Crippen molar-refractivity contribution in [2.24, 2.45) is 0 Å². The molecule has 0 aromatic heterocycles. The minimum Gasteiger partial charge on any atom is -0.478 e. The van der Waals surface area contributed by atoms with Crippen LogP contribution in [0.2, 0.25) is 0 Å². The van der Waals surface area contributed by atoms with Crippen LogP contribution in [0.1, 0.15) is 49.2 Å². The number of carboxylic acids is 1. The van der Waals surface area contributed by atoms with Gasteiger partial charge < -0.3 is 14.6 Å². The molecule has 0 fully saturated rings. The lowest BCUT2D eigenvalue weighted by molar-refractivity contribution is -0.134. The number of benzene rings is 1. The van der Waals surface area contributed by atoms with Crippen LogP contribution in [0.5, 0.6) is 11.5 Å². The largest absolute Gasteiger partial charge is 0.478 e. The molecule has 0 saturated carbocycles. The average molecular weight is 294 g/mol. The van der Waals surface area contributed by atoms with E-state index in [-0.39, 0.29) is 17.1 Å². The van der Waals surface area contributed by atoms with Gasteiger partial charge in [-0.15, -0.1) is 0 Å². The van der Waals surface area contributed by atoms with E-state index in [4.69, 9.17) is 9.47 Å². The normalized spacial score (nSPS) is 10.1. The Hall–Kier alpha value is -2.37. The summed E-state index contributed by atoms with van der Waals surface area (Å²) in [5.74, 6) is -2.23. The van der Waals surface area contributed by atoms with Crippen molar-refractivity contribution in [2.75, 3.05) is 0 Å². The van der Waals surface area contributed by atoms with E-state index in [1.165, 1.54) is 19.9 Å². The quantitative estimate of drug-likeness (QED) is 0.662. The fourth-order valence-electron chi connectivity index (χ4n) is 2.12. The van der Waals surface area contributed by atoms with E-state index in [9.17, 15) is 19.5 Å². The van der Waals surface area contributed by atoms with Gasteiger partial charge in [-0.05, 0) is 24.5 Å². The van der Waals surface area contributed by atoms with Crippen LogP contribution in [-0.2, 0) is 22.4 Å². The molecule has 1 aromatic rings. The van der Waals surface area contributed by atoms with E-state index in [0.29, 0.717) is 24.0 Å². The van der Waals surface area contributed by atoms with Crippen molar-refractivity contribution in [3.05, 3.63) is 22.8 Å². The summed E-state index contributed by atoms with van der Waals surface area (Å²) in [5.41, 5.74) is 0.951. The highest BCUT2D eigenvalue weighted by Crippen LogP contribution is 2.37. The van der Waals surface area contributed by atoms with Crippen molar-refractivity contribution >= 4 is 17.9 Å². The summed E-state index contributed by atoms with van der Waals surface area (Å²) in [5, 5.41) is 9.39. The maximum Gasteiger partial charge on any atom is 0.336 e. The van der Waals surface area contributed by atoms with Gasteiger partial charge in [-0.1, -0.05) is 13.8 Å². The lowest BCUT2D eigenvalue weighted by atomic mass is 9.95. The molecule has 0 bridgehead atoms. The molecule has 0 atom stereocenters. The number of ether oxygens (including phenoxy) is 2. The van der Waals surface area contributed by atoms with Crippen molar-refractivity contribution in [3.8, 4) is 11.5 Å². The first-order chi connectivity index (χ1) is 9.81. The van der Waals surface area contributed by atoms with Crippen molar-refractivity contribution in [1.29, 1.82) is 0 Å². The van der Waals surface area contributed by atoms with Crippen LogP contribution < -0.4 is 9.47 Å². The van der Waals surface area contributed by atoms with Crippen LogP contribution in [0, 0.1) is 0 Å². The zero-order valence-electron chi connectivity index (χ0n) is 12.5. The SMILES string of the molecule is CCc1cc(OC(C)=O)c(OC(C)=O)c(CC)c1C(=O)O. The summed E-state index contributed by atoms with van der Waals surface area (Å²) in [6.45, 7) is 5.96. The van der Waals surface area contributed by atoms with Crippen molar-refractivity contribution < 1.29 is 29.0 Å². The first-order valence-corrected chi connectivity index (χ1v) is 6.60. The lowest BCUT2D eigenvalue weighted by Crippen LogP contribution is -2.14. The molecule has 114 valence electrons. The summed E-state index contributed by atoms with van der Waals surface area (Å²) < 4.78 is 10.1. The molecule has 0 unspecified atom stereocenters. The van der Waals surface area contributed by atoms with Crippen LogP contribution in [0.25, 0.3) is 0 Å². The summed E-state index contributed by atoms with van der Waals surface area (Å²) in [6, 6.07) is 1.43. The van der Waals surface area contributed by atoms with Gasteiger partial charge in [-0.25, -0.2) is 4.79 Å². The number of carbonyl (C=O) groups excluding carboxylic acids is 2. The first kappa shape index (κ1) is 16.7. The molecule has 6 heteroatoms. The predicted molar refractivity (Wildman–Crippen MR) is 74.8 cm³/mol. The molecule has 0 spiro atoms. The molecule has 0 aliphatic heterocycles. The number of carboxylic acid groups (broad SMARTS) is 1. The highest BCUT2D eigenvalue weighted by Gasteiger charge is 2.24. The molecule has 0 radical (unpaired) electrons. The number of carbonyl (C=O) groups is 3. The van der Waals surface area contributed by atoms with Crippen molar-refractivity contribution in [2.45, 2.75) is 40.5 Å². The summed E-state index contributed by atoms with van der Waals surface area (Å²) in [6.07, 6.45) is 0.773. The Labute approximate surface area is 122 Å². The first-order valence-electron chi connectivity index (χ1n) is 6.60. The maximum atomic E-state index is 11.5. The van der Waals surface area contributed by atoms with Crippen LogP contribution in [-0.4, -0.2) is 23.0 Å². The Morgan fingerprint density at radius 2 is 1.62 bits per heavy atom. The van der Waals surface area contributed by atoms with Gasteiger partial charge in [0.25, 0.3) is 0 Å². The number of aromatic carboxylic acids is 1. The van der Waals surface area contributed by atoms with E-state index in [2.05, 4.69) is 0 Å². The Balaban J connectivity index is 3.67. The van der Waals surface area contributed by atoms with E-state index in [0.717, 1.165) is 0 Å². The number of hydrogen-bond acceptors (Lipinski definition) is 5. The van der Waals surface area contributed by atoms with Gasteiger partial charge in [0.15, 0.2) is 11.5 Å². The molecule has 1 rings (SSSR count). The zero-order chi connectivity index (χ0) is 16.2. The van der Waals surface area contributed by atoms with Gasteiger partial charge in [-0.2, -0.15) is 0 Å². The number of esters is 2. The van der Waals surface area contributed by atoms with Crippen molar-refractivity contribution in [3.63, 3.8) is 0 Å². The molecule has 1 N–H and O–H groups in total. The van der Waals surface area contributed by atoms with Gasteiger partial charge in [0.05, 0.1) is 5.56 Å². The standard InChI is InChI=1S/C15H18O6/c1-5-10-7-12(20-8(3)16)14(21-9(4)17)11(6-2)13(10)15(18)19/h7H,5-6H2,1-4H3,(H,18,19). The highest BCUT2D eigenvalue weighted by atomic mass is 16.6. The molecule has 21 heavy (non-hydrogen) atoms. The van der Waals surface area contributed by atoms with Gasteiger partial charge in [-0.3, -0.25) is 9.59 Å². The highest BCUT2D eigenvalue weighted by molar-refractivity contribution is 5.93. The van der Waals surface area contributed by atoms with Crippen LogP contribution in [0.15, 0.2) is 6.07 Å². The van der Waals surface area contributed by atoms with Gasteiger partial charge >= 0.3 is 17.9 Å². The molecule has 0 aliphatic carbocycles. The Kier molecular flexibility index (Phi) is 5.46. The molecular formula is C15H18O6. The van der Waals surface area contributed by atoms with E-state index >= 15 is 0 Å². The summed E-state index contributed by atoms with van der Waals surface area (Å²) in [7, 11) is 0. The van der Waals surface area contributed by atoms with Crippen LogP contribution >= 0.6 is 0 Å². The summed E-state index contributed by atoms with van der Waals surface area (Å²) >= 11 is 0. The lowest BCUT2D eigenvalue weighted by Gasteiger charge is -2.17. The van der Waals surface area contributed by atoms with E-state index in [1.807, 2.05) is 0 Å². The number of aryl methyl sites for hydroxylation is 1. The Morgan fingerprint density at radius 1 is 1.05 bits per heavy atom. The fraction of sp³-hybridized carbons (Fsp3) is 0.400.